The number of carbonyl (C=O) groups excluding carboxylic acids is 1. The topological polar surface area (TPSA) is 64.8 Å². The van der Waals surface area contributed by atoms with Gasteiger partial charge in [-0.05, 0) is 18.8 Å². The fraction of sp³-hybridized carbons (Fsp3) is 0.909. The molecule has 1 atom stereocenters. The standard InChI is InChI=1S/C11H22N2O3/c1-13(11(14)10(7-12)15-2)5-6-16-8-9-3-4-9/h9-10H,3-8,12H2,1-2H3. The van der Waals surface area contributed by atoms with Gasteiger partial charge in [-0.25, -0.2) is 0 Å². The van der Waals surface area contributed by atoms with Gasteiger partial charge in [0.2, 0.25) is 0 Å². The highest BCUT2D eigenvalue weighted by Crippen LogP contribution is 2.28. The van der Waals surface area contributed by atoms with Gasteiger partial charge in [-0.1, -0.05) is 0 Å². The van der Waals surface area contributed by atoms with Crippen molar-refractivity contribution in [1.82, 2.24) is 4.90 Å². The average Bonchev–Trinajstić information content (AvgIpc) is 3.09. The lowest BCUT2D eigenvalue weighted by molar-refractivity contribution is -0.140. The fourth-order valence-corrected chi connectivity index (χ4v) is 1.39. The highest BCUT2D eigenvalue weighted by atomic mass is 16.5. The number of hydrogen-bond donors (Lipinski definition) is 1. The van der Waals surface area contributed by atoms with Crippen molar-refractivity contribution in [2.24, 2.45) is 11.7 Å². The lowest BCUT2D eigenvalue weighted by Crippen LogP contribution is -2.42. The minimum atomic E-state index is -0.534. The van der Waals surface area contributed by atoms with Gasteiger partial charge in [0.25, 0.3) is 5.91 Å². The molecule has 1 unspecified atom stereocenters. The van der Waals surface area contributed by atoms with E-state index in [1.54, 1.807) is 11.9 Å². The third-order valence-electron chi connectivity index (χ3n) is 2.77. The molecule has 0 aromatic carbocycles. The summed E-state index contributed by atoms with van der Waals surface area (Å²) in [7, 11) is 3.23. The van der Waals surface area contributed by atoms with Crippen LogP contribution in [0.15, 0.2) is 0 Å². The highest BCUT2D eigenvalue weighted by molar-refractivity contribution is 5.80. The SMILES string of the molecule is COC(CN)C(=O)N(C)CCOCC1CC1. The first-order valence-corrected chi connectivity index (χ1v) is 5.74. The van der Waals surface area contributed by atoms with Crippen molar-refractivity contribution >= 4 is 5.91 Å². The average molecular weight is 230 g/mol. The van der Waals surface area contributed by atoms with Crippen molar-refractivity contribution in [3.05, 3.63) is 0 Å². The van der Waals surface area contributed by atoms with Crippen molar-refractivity contribution in [1.29, 1.82) is 0 Å². The summed E-state index contributed by atoms with van der Waals surface area (Å²) < 4.78 is 10.4. The second-order valence-corrected chi connectivity index (χ2v) is 4.24. The number of nitrogens with two attached hydrogens (primary N) is 1. The predicted octanol–water partition coefficient (Wildman–Crippen LogP) is -0.155. The van der Waals surface area contributed by atoms with E-state index in [1.807, 2.05) is 0 Å². The van der Waals surface area contributed by atoms with E-state index in [2.05, 4.69) is 0 Å². The second-order valence-electron chi connectivity index (χ2n) is 4.24. The van der Waals surface area contributed by atoms with Crippen molar-refractivity contribution < 1.29 is 14.3 Å². The van der Waals surface area contributed by atoms with E-state index in [4.69, 9.17) is 15.2 Å². The van der Waals surface area contributed by atoms with Crippen molar-refractivity contribution in [3.8, 4) is 0 Å². The van der Waals surface area contributed by atoms with Gasteiger partial charge >= 0.3 is 0 Å². The minimum Gasteiger partial charge on any atom is -0.379 e. The van der Waals surface area contributed by atoms with Crippen LogP contribution >= 0.6 is 0 Å². The molecule has 1 aliphatic rings. The van der Waals surface area contributed by atoms with Crippen molar-refractivity contribution in [2.45, 2.75) is 18.9 Å². The Balaban J connectivity index is 2.11. The van der Waals surface area contributed by atoms with E-state index in [9.17, 15) is 4.79 Å². The monoisotopic (exact) mass is 230 g/mol. The van der Waals surface area contributed by atoms with Crippen LogP contribution in [0.1, 0.15) is 12.8 Å². The summed E-state index contributed by atoms with van der Waals surface area (Å²) in [5.41, 5.74) is 5.42. The number of carbonyl (C=O) groups is 1. The molecule has 1 amide bonds. The summed E-state index contributed by atoms with van der Waals surface area (Å²) in [6.45, 7) is 2.21. The molecule has 0 heterocycles. The maximum atomic E-state index is 11.7. The van der Waals surface area contributed by atoms with Gasteiger partial charge < -0.3 is 20.1 Å². The third kappa shape index (κ3) is 4.47. The highest BCUT2D eigenvalue weighted by Gasteiger charge is 2.22. The maximum absolute atomic E-state index is 11.7. The first-order valence-electron chi connectivity index (χ1n) is 5.74. The lowest BCUT2D eigenvalue weighted by Gasteiger charge is -2.21. The number of rotatable bonds is 8. The third-order valence-corrected chi connectivity index (χ3v) is 2.77. The van der Waals surface area contributed by atoms with E-state index >= 15 is 0 Å². The number of methoxy groups -OCH3 is 1. The molecule has 0 aromatic heterocycles. The van der Waals surface area contributed by atoms with Crippen LogP contribution in [-0.2, 0) is 14.3 Å². The maximum Gasteiger partial charge on any atom is 0.252 e. The van der Waals surface area contributed by atoms with Crippen molar-refractivity contribution in [3.63, 3.8) is 0 Å². The largest absolute Gasteiger partial charge is 0.379 e. The number of nitrogens with zero attached hydrogens (tertiary/aromatic N) is 1. The Morgan fingerprint density at radius 3 is 2.75 bits per heavy atom. The molecule has 1 aliphatic carbocycles. The van der Waals surface area contributed by atoms with Gasteiger partial charge in [-0.15, -0.1) is 0 Å². The summed E-state index contributed by atoms with van der Waals surface area (Å²) >= 11 is 0. The first-order chi connectivity index (χ1) is 7.69. The molecule has 0 aromatic rings. The molecule has 0 saturated heterocycles. The van der Waals surface area contributed by atoms with Crippen LogP contribution in [0.3, 0.4) is 0 Å². The fourth-order valence-electron chi connectivity index (χ4n) is 1.39. The first kappa shape index (κ1) is 13.4. The van der Waals surface area contributed by atoms with Gasteiger partial charge in [0.1, 0.15) is 6.10 Å². The van der Waals surface area contributed by atoms with E-state index in [1.165, 1.54) is 20.0 Å². The molecule has 94 valence electrons. The molecule has 1 saturated carbocycles. The smallest absolute Gasteiger partial charge is 0.252 e. The Bertz CT molecular complexity index is 215. The number of ether oxygens (including phenoxy) is 2. The lowest BCUT2D eigenvalue weighted by atomic mass is 10.3. The summed E-state index contributed by atoms with van der Waals surface area (Å²) in [6, 6.07) is 0. The van der Waals surface area contributed by atoms with Gasteiger partial charge in [-0.3, -0.25) is 4.79 Å². The van der Waals surface area contributed by atoms with Crippen LogP contribution in [0.2, 0.25) is 0 Å². The van der Waals surface area contributed by atoms with E-state index in [0.717, 1.165) is 12.5 Å². The number of hydrogen-bond acceptors (Lipinski definition) is 4. The van der Waals surface area contributed by atoms with Crippen LogP contribution in [-0.4, -0.2) is 57.4 Å². The quantitative estimate of drug-likeness (QED) is 0.589. The van der Waals surface area contributed by atoms with E-state index < -0.39 is 6.10 Å². The Hall–Kier alpha value is -0.650. The van der Waals surface area contributed by atoms with Crippen LogP contribution < -0.4 is 5.73 Å². The zero-order valence-electron chi connectivity index (χ0n) is 10.1. The molecule has 16 heavy (non-hydrogen) atoms. The second kappa shape index (κ2) is 6.83. The Morgan fingerprint density at radius 1 is 1.56 bits per heavy atom. The normalized spacial score (nSPS) is 17.2. The molecule has 1 rings (SSSR count). The van der Waals surface area contributed by atoms with Crippen LogP contribution in [0.4, 0.5) is 0 Å². The molecule has 0 aliphatic heterocycles. The Kier molecular flexibility index (Phi) is 5.73. The van der Waals surface area contributed by atoms with Gasteiger partial charge in [0.05, 0.1) is 6.61 Å². The van der Waals surface area contributed by atoms with Crippen LogP contribution in [0, 0.1) is 5.92 Å². The molecule has 5 heteroatoms. The number of likely N-dealkylation sites (N-methyl/N-ethyl adjacent to an activating group) is 1. The molecule has 0 spiro atoms. The number of amides is 1. The summed E-state index contributed by atoms with van der Waals surface area (Å²) in [6.07, 6.45) is 2.04. The van der Waals surface area contributed by atoms with E-state index in [-0.39, 0.29) is 12.5 Å². The molecule has 1 fully saturated rings. The van der Waals surface area contributed by atoms with Crippen molar-refractivity contribution in [2.75, 3.05) is 40.5 Å². The molecular formula is C11H22N2O3. The Labute approximate surface area is 96.9 Å². The Morgan fingerprint density at radius 2 is 2.25 bits per heavy atom. The zero-order chi connectivity index (χ0) is 12.0. The van der Waals surface area contributed by atoms with Gasteiger partial charge in [-0.2, -0.15) is 0 Å². The van der Waals surface area contributed by atoms with E-state index in [0.29, 0.717) is 13.2 Å². The summed E-state index contributed by atoms with van der Waals surface area (Å²) in [4.78, 5) is 13.3. The molecule has 2 N–H and O–H groups in total. The molecule has 5 nitrogen and oxygen atoms in total. The minimum absolute atomic E-state index is 0.0833. The van der Waals surface area contributed by atoms with Gasteiger partial charge in [0.15, 0.2) is 0 Å². The molecule has 0 bridgehead atoms. The molecular weight excluding hydrogens is 208 g/mol. The van der Waals surface area contributed by atoms with Crippen LogP contribution in [0.5, 0.6) is 0 Å². The zero-order valence-corrected chi connectivity index (χ0v) is 10.1. The molecule has 0 radical (unpaired) electrons. The summed E-state index contributed by atoms with van der Waals surface area (Å²) in [5, 5.41) is 0. The summed E-state index contributed by atoms with van der Waals surface area (Å²) in [5.74, 6) is 0.678. The van der Waals surface area contributed by atoms with Gasteiger partial charge in [0, 0.05) is 33.9 Å². The van der Waals surface area contributed by atoms with Crippen LogP contribution in [0.25, 0.3) is 0 Å². The predicted molar refractivity (Wildman–Crippen MR) is 61.0 cm³/mol.